The molecule has 1 aliphatic rings. The van der Waals surface area contributed by atoms with Crippen molar-refractivity contribution in [1.29, 1.82) is 0 Å². The number of rotatable bonds is 4. The van der Waals surface area contributed by atoms with Crippen LogP contribution in [0, 0.1) is 6.92 Å². The number of hydrogen-bond donors (Lipinski definition) is 2. The van der Waals surface area contributed by atoms with E-state index in [-0.39, 0.29) is 24.3 Å². The summed E-state index contributed by atoms with van der Waals surface area (Å²) in [7, 11) is 1.47. The highest BCUT2D eigenvalue weighted by atomic mass is 16.6. The molecule has 2 atom stereocenters. The molecule has 0 radical (unpaired) electrons. The van der Waals surface area contributed by atoms with Crippen LogP contribution in [0.15, 0.2) is 24.3 Å². The number of hydrogen-bond acceptors (Lipinski definition) is 7. The number of nitrogens with zero attached hydrogens (tertiary/aromatic N) is 3. The van der Waals surface area contributed by atoms with Crippen LogP contribution >= 0.6 is 0 Å². The molecule has 104 valence electrons. The summed E-state index contributed by atoms with van der Waals surface area (Å²) in [6, 6.07) is 8.35. The van der Waals surface area contributed by atoms with Crippen LogP contribution in [0.3, 0.4) is 0 Å². The Kier molecular flexibility index (Phi) is 3.11. The number of nitrogen functional groups attached to an aromatic ring is 1. The predicted octanol–water partition coefficient (Wildman–Crippen LogP) is 1.28. The Morgan fingerprint density at radius 2 is 2.15 bits per heavy atom. The summed E-state index contributed by atoms with van der Waals surface area (Å²) in [6.45, 7) is 2.05. The monoisotopic (exact) mass is 273 g/mol. The second kappa shape index (κ2) is 4.93. The van der Waals surface area contributed by atoms with Gasteiger partial charge in [0.25, 0.3) is 0 Å². The molecule has 1 aromatic carbocycles. The summed E-state index contributed by atoms with van der Waals surface area (Å²) in [6.07, 6.45) is -0.165. The van der Waals surface area contributed by atoms with Crippen molar-refractivity contribution in [3.63, 3.8) is 0 Å². The lowest BCUT2D eigenvalue weighted by Crippen LogP contribution is -2.11. The standard InChI is InChI=1S/C13H15N5O2/c1-7-4-3-5-8(6-7)9-10(20-9)15-12-16-11(14)17-13(18-12)19-2/h3-6,9-10H,1-2H3,(H3,14,15,16,17,18). The number of ether oxygens (including phenoxy) is 2. The Hall–Kier alpha value is -2.41. The molecule has 0 amide bonds. The van der Waals surface area contributed by atoms with Crippen molar-refractivity contribution in [1.82, 2.24) is 15.0 Å². The van der Waals surface area contributed by atoms with Gasteiger partial charge in [-0.2, -0.15) is 15.0 Å². The van der Waals surface area contributed by atoms with E-state index in [2.05, 4.69) is 26.3 Å². The minimum Gasteiger partial charge on any atom is -0.467 e. The molecule has 2 unspecified atom stereocenters. The van der Waals surface area contributed by atoms with E-state index in [0.717, 1.165) is 5.56 Å². The van der Waals surface area contributed by atoms with E-state index in [1.807, 2.05) is 25.1 Å². The van der Waals surface area contributed by atoms with Crippen LogP contribution in [0.5, 0.6) is 6.01 Å². The van der Waals surface area contributed by atoms with E-state index < -0.39 is 0 Å². The molecular formula is C13H15N5O2. The quantitative estimate of drug-likeness (QED) is 0.809. The first-order chi connectivity index (χ1) is 9.65. The van der Waals surface area contributed by atoms with E-state index in [9.17, 15) is 0 Å². The molecule has 1 saturated heterocycles. The molecule has 1 aromatic heterocycles. The molecule has 3 rings (SSSR count). The molecule has 20 heavy (non-hydrogen) atoms. The summed E-state index contributed by atoms with van der Waals surface area (Å²) in [5, 5.41) is 3.05. The number of nitrogens with one attached hydrogen (secondary N) is 1. The zero-order valence-corrected chi connectivity index (χ0v) is 11.2. The fourth-order valence-corrected chi connectivity index (χ4v) is 1.98. The summed E-state index contributed by atoms with van der Waals surface area (Å²) < 4.78 is 10.5. The zero-order valence-electron chi connectivity index (χ0n) is 11.2. The van der Waals surface area contributed by atoms with E-state index in [0.29, 0.717) is 5.95 Å². The number of anilines is 2. The van der Waals surface area contributed by atoms with Gasteiger partial charge in [-0.1, -0.05) is 29.8 Å². The van der Waals surface area contributed by atoms with Crippen molar-refractivity contribution in [2.45, 2.75) is 19.3 Å². The normalized spacial score (nSPS) is 20.5. The fourth-order valence-electron chi connectivity index (χ4n) is 1.98. The highest BCUT2D eigenvalue weighted by Gasteiger charge is 2.41. The van der Waals surface area contributed by atoms with Gasteiger partial charge in [0.15, 0.2) is 6.23 Å². The highest BCUT2D eigenvalue weighted by molar-refractivity contribution is 5.36. The van der Waals surface area contributed by atoms with Crippen molar-refractivity contribution in [2.24, 2.45) is 0 Å². The first kappa shape index (κ1) is 12.6. The van der Waals surface area contributed by atoms with Gasteiger partial charge in [-0.25, -0.2) is 0 Å². The predicted molar refractivity (Wildman–Crippen MR) is 73.2 cm³/mol. The van der Waals surface area contributed by atoms with Crippen molar-refractivity contribution in [3.05, 3.63) is 35.4 Å². The lowest BCUT2D eigenvalue weighted by atomic mass is 10.1. The fraction of sp³-hybridized carbons (Fsp3) is 0.308. The number of aromatic nitrogens is 3. The molecule has 2 aromatic rings. The van der Waals surface area contributed by atoms with E-state index in [1.54, 1.807) is 0 Å². The van der Waals surface area contributed by atoms with Crippen LogP contribution in [0.2, 0.25) is 0 Å². The van der Waals surface area contributed by atoms with Gasteiger partial charge in [0.1, 0.15) is 6.10 Å². The first-order valence-electron chi connectivity index (χ1n) is 6.20. The molecular weight excluding hydrogens is 258 g/mol. The number of methoxy groups -OCH3 is 1. The second-order valence-electron chi connectivity index (χ2n) is 4.54. The molecule has 1 aliphatic heterocycles. The molecule has 0 spiro atoms. The summed E-state index contributed by atoms with van der Waals surface area (Å²) >= 11 is 0. The largest absolute Gasteiger partial charge is 0.467 e. The first-order valence-corrected chi connectivity index (χ1v) is 6.20. The van der Waals surface area contributed by atoms with Crippen LogP contribution in [0.25, 0.3) is 0 Å². The average molecular weight is 273 g/mol. The highest BCUT2D eigenvalue weighted by Crippen LogP contribution is 2.38. The molecule has 0 bridgehead atoms. The van der Waals surface area contributed by atoms with Crippen molar-refractivity contribution in [3.8, 4) is 6.01 Å². The third kappa shape index (κ3) is 2.62. The van der Waals surface area contributed by atoms with Crippen molar-refractivity contribution >= 4 is 11.9 Å². The smallest absolute Gasteiger partial charge is 0.322 e. The Bertz CT molecular complexity index is 634. The van der Waals surface area contributed by atoms with Gasteiger partial charge in [0, 0.05) is 0 Å². The second-order valence-corrected chi connectivity index (χ2v) is 4.54. The van der Waals surface area contributed by atoms with Crippen LogP contribution < -0.4 is 15.8 Å². The molecule has 3 N–H and O–H groups in total. The number of nitrogens with two attached hydrogens (primary N) is 1. The van der Waals surface area contributed by atoms with Crippen LogP contribution in [-0.2, 0) is 4.74 Å². The van der Waals surface area contributed by atoms with E-state index in [1.165, 1.54) is 12.7 Å². The van der Waals surface area contributed by atoms with Gasteiger partial charge >= 0.3 is 6.01 Å². The summed E-state index contributed by atoms with van der Waals surface area (Å²) in [4.78, 5) is 11.9. The Morgan fingerprint density at radius 3 is 2.90 bits per heavy atom. The van der Waals surface area contributed by atoms with Gasteiger partial charge < -0.3 is 20.5 Å². The van der Waals surface area contributed by atoms with E-state index in [4.69, 9.17) is 15.2 Å². The molecule has 0 aliphatic carbocycles. The summed E-state index contributed by atoms with van der Waals surface area (Å²) in [5.41, 5.74) is 7.89. The van der Waals surface area contributed by atoms with Crippen molar-refractivity contribution in [2.75, 3.05) is 18.2 Å². The molecule has 2 heterocycles. The van der Waals surface area contributed by atoms with Crippen LogP contribution in [-0.4, -0.2) is 28.3 Å². The third-order valence-corrected chi connectivity index (χ3v) is 2.95. The minimum absolute atomic E-state index is 0.00103. The Labute approximate surface area is 116 Å². The van der Waals surface area contributed by atoms with E-state index >= 15 is 0 Å². The average Bonchev–Trinajstić information content (AvgIpc) is 3.17. The molecule has 7 heteroatoms. The minimum atomic E-state index is -0.164. The van der Waals surface area contributed by atoms with Gasteiger partial charge in [0.2, 0.25) is 11.9 Å². The maximum Gasteiger partial charge on any atom is 0.322 e. The number of aryl methyl sites for hydroxylation is 1. The van der Waals surface area contributed by atoms with Crippen LogP contribution in [0.4, 0.5) is 11.9 Å². The maximum atomic E-state index is 5.58. The Balaban J connectivity index is 1.70. The molecule has 7 nitrogen and oxygen atoms in total. The number of epoxide rings is 1. The zero-order chi connectivity index (χ0) is 14.1. The van der Waals surface area contributed by atoms with Crippen molar-refractivity contribution < 1.29 is 9.47 Å². The number of benzene rings is 1. The van der Waals surface area contributed by atoms with Gasteiger partial charge in [-0.3, -0.25) is 0 Å². The lowest BCUT2D eigenvalue weighted by Gasteiger charge is -2.04. The molecule has 1 fully saturated rings. The van der Waals surface area contributed by atoms with Gasteiger partial charge in [-0.05, 0) is 12.5 Å². The maximum absolute atomic E-state index is 5.58. The summed E-state index contributed by atoms with van der Waals surface area (Å²) in [5.74, 6) is 0.446. The SMILES string of the molecule is COc1nc(N)nc(NC2OC2c2cccc(C)c2)n1. The third-order valence-electron chi connectivity index (χ3n) is 2.95. The Morgan fingerprint density at radius 1 is 1.30 bits per heavy atom. The topological polar surface area (TPSA) is 98.5 Å². The molecule has 0 saturated carbocycles. The van der Waals surface area contributed by atoms with Crippen LogP contribution in [0.1, 0.15) is 17.2 Å². The lowest BCUT2D eigenvalue weighted by molar-refractivity contribution is 0.376. The van der Waals surface area contributed by atoms with Gasteiger partial charge in [0.05, 0.1) is 7.11 Å². The van der Waals surface area contributed by atoms with Gasteiger partial charge in [-0.15, -0.1) is 0 Å².